The van der Waals surface area contributed by atoms with Gasteiger partial charge in [0.05, 0.1) is 12.1 Å². The molecule has 1 fully saturated rings. The highest BCUT2D eigenvalue weighted by molar-refractivity contribution is 4.98. The molecule has 0 radical (unpaired) electrons. The van der Waals surface area contributed by atoms with Crippen LogP contribution in [0.15, 0.2) is 4.52 Å². The highest BCUT2D eigenvalue weighted by atomic mass is 16.5. The Hall–Kier alpha value is -0.940. The Labute approximate surface area is 83.1 Å². The molecule has 2 rings (SSSR count). The minimum absolute atomic E-state index is 0.127. The molecule has 1 saturated heterocycles. The molecule has 78 valence electrons. The SMILES string of the molecule is CC[C@@H](N)c1nc(C2CCCN2)no1. The van der Waals surface area contributed by atoms with E-state index in [9.17, 15) is 0 Å². The highest BCUT2D eigenvalue weighted by Gasteiger charge is 2.22. The summed E-state index contributed by atoms with van der Waals surface area (Å²) in [5, 5.41) is 7.26. The topological polar surface area (TPSA) is 77.0 Å². The van der Waals surface area contributed by atoms with Gasteiger partial charge in [0.2, 0.25) is 5.89 Å². The molecule has 2 heterocycles. The Morgan fingerprint density at radius 1 is 1.71 bits per heavy atom. The number of hydrogen-bond acceptors (Lipinski definition) is 5. The van der Waals surface area contributed by atoms with E-state index in [2.05, 4.69) is 15.5 Å². The molecule has 1 aliphatic rings. The van der Waals surface area contributed by atoms with E-state index in [0.29, 0.717) is 5.89 Å². The van der Waals surface area contributed by atoms with Gasteiger partial charge in [0.1, 0.15) is 0 Å². The molecule has 3 N–H and O–H groups in total. The molecule has 14 heavy (non-hydrogen) atoms. The van der Waals surface area contributed by atoms with Crippen molar-refractivity contribution in [1.29, 1.82) is 0 Å². The lowest BCUT2D eigenvalue weighted by Crippen LogP contribution is -2.15. The van der Waals surface area contributed by atoms with Crippen LogP contribution in [0, 0.1) is 0 Å². The van der Waals surface area contributed by atoms with Crippen LogP contribution >= 0.6 is 0 Å². The van der Waals surface area contributed by atoms with E-state index < -0.39 is 0 Å². The number of nitrogens with two attached hydrogens (primary N) is 1. The first-order valence-corrected chi connectivity index (χ1v) is 5.13. The van der Waals surface area contributed by atoms with Gasteiger partial charge in [0.25, 0.3) is 0 Å². The van der Waals surface area contributed by atoms with E-state index in [1.165, 1.54) is 6.42 Å². The van der Waals surface area contributed by atoms with Gasteiger partial charge in [-0.3, -0.25) is 0 Å². The molecule has 5 nitrogen and oxygen atoms in total. The van der Waals surface area contributed by atoms with Crippen LogP contribution in [0.2, 0.25) is 0 Å². The predicted octanol–water partition coefficient (Wildman–Crippen LogP) is 0.904. The van der Waals surface area contributed by atoms with Crippen LogP contribution in [0.25, 0.3) is 0 Å². The highest BCUT2D eigenvalue weighted by Crippen LogP contribution is 2.21. The fourth-order valence-electron chi connectivity index (χ4n) is 1.62. The van der Waals surface area contributed by atoms with E-state index >= 15 is 0 Å². The molecule has 0 aliphatic carbocycles. The Kier molecular flexibility index (Phi) is 2.79. The molecule has 2 atom stereocenters. The van der Waals surface area contributed by atoms with Crippen molar-refractivity contribution in [3.63, 3.8) is 0 Å². The zero-order chi connectivity index (χ0) is 9.97. The Morgan fingerprint density at radius 3 is 3.21 bits per heavy atom. The molecule has 1 aliphatic heterocycles. The lowest BCUT2D eigenvalue weighted by atomic mass is 10.2. The molecule has 0 bridgehead atoms. The summed E-state index contributed by atoms with van der Waals surface area (Å²) >= 11 is 0. The van der Waals surface area contributed by atoms with Gasteiger partial charge >= 0.3 is 0 Å². The second kappa shape index (κ2) is 4.06. The maximum atomic E-state index is 5.79. The molecule has 1 aromatic rings. The summed E-state index contributed by atoms with van der Waals surface area (Å²) in [6, 6.07) is 0.134. The van der Waals surface area contributed by atoms with Crippen molar-refractivity contribution in [3.05, 3.63) is 11.7 Å². The maximum absolute atomic E-state index is 5.79. The zero-order valence-corrected chi connectivity index (χ0v) is 8.36. The Bertz CT molecular complexity index is 293. The van der Waals surface area contributed by atoms with Gasteiger partial charge in [-0.1, -0.05) is 12.1 Å². The van der Waals surface area contributed by atoms with Crippen molar-refractivity contribution < 1.29 is 4.52 Å². The number of hydrogen-bond donors (Lipinski definition) is 2. The van der Waals surface area contributed by atoms with Crippen LogP contribution in [-0.4, -0.2) is 16.7 Å². The average molecular weight is 196 g/mol. The molecule has 0 aromatic carbocycles. The van der Waals surface area contributed by atoms with E-state index in [1.807, 2.05) is 6.92 Å². The molecule has 5 heteroatoms. The van der Waals surface area contributed by atoms with Gasteiger partial charge in [0, 0.05) is 0 Å². The number of rotatable bonds is 3. The van der Waals surface area contributed by atoms with Crippen molar-refractivity contribution in [2.24, 2.45) is 5.73 Å². The van der Waals surface area contributed by atoms with Crippen molar-refractivity contribution in [1.82, 2.24) is 15.5 Å². The normalized spacial score (nSPS) is 24.0. The Balaban J connectivity index is 2.08. The maximum Gasteiger partial charge on any atom is 0.243 e. The first-order chi connectivity index (χ1) is 6.81. The smallest absolute Gasteiger partial charge is 0.243 e. The van der Waals surface area contributed by atoms with Gasteiger partial charge in [-0.05, 0) is 25.8 Å². The van der Waals surface area contributed by atoms with Gasteiger partial charge in [0.15, 0.2) is 5.82 Å². The summed E-state index contributed by atoms with van der Waals surface area (Å²) in [6.45, 7) is 3.04. The van der Waals surface area contributed by atoms with Crippen LogP contribution in [0.5, 0.6) is 0 Å². The molecular formula is C9H16N4O. The van der Waals surface area contributed by atoms with E-state index in [1.54, 1.807) is 0 Å². The summed E-state index contributed by atoms with van der Waals surface area (Å²) in [4.78, 5) is 4.30. The number of nitrogens with one attached hydrogen (secondary N) is 1. The fraction of sp³-hybridized carbons (Fsp3) is 0.778. The minimum Gasteiger partial charge on any atom is -0.338 e. The standard InChI is InChI=1S/C9H16N4O/c1-2-6(10)9-12-8(13-14-9)7-4-3-5-11-7/h6-7,11H,2-5,10H2,1H3/t6-,7?/m1/s1. The van der Waals surface area contributed by atoms with Crippen molar-refractivity contribution in [2.75, 3.05) is 6.54 Å². The molecule has 1 unspecified atom stereocenters. The third-order valence-electron chi connectivity index (χ3n) is 2.59. The Morgan fingerprint density at radius 2 is 2.57 bits per heavy atom. The summed E-state index contributed by atoms with van der Waals surface area (Å²) in [5.41, 5.74) is 5.79. The van der Waals surface area contributed by atoms with E-state index in [0.717, 1.165) is 25.2 Å². The second-order valence-corrected chi connectivity index (χ2v) is 3.65. The summed E-state index contributed by atoms with van der Waals surface area (Å²) in [6.07, 6.45) is 3.08. The first-order valence-electron chi connectivity index (χ1n) is 5.13. The predicted molar refractivity (Wildman–Crippen MR) is 51.5 cm³/mol. The molecule has 0 amide bonds. The zero-order valence-electron chi connectivity index (χ0n) is 8.36. The number of aromatic nitrogens is 2. The van der Waals surface area contributed by atoms with Crippen molar-refractivity contribution >= 4 is 0 Å². The third kappa shape index (κ3) is 1.78. The quantitative estimate of drug-likeness (QED) is 0.751. The van der Waals surface area contributed by atoms with Crippen LogP contribution in [0.1, 0.15) is 50.0 Å². The van der Waals surface area contributed by atoms with Crippen LogP contribution in [-0.2, 0) is 0 Å². The third-order valence-corrected chi connectivity index (χ3v) is 2.59. The molecule has 0 spiro atoms. The fourth-order valence-corrected chi connectivity index (χ4v) is 1.62. The summed E-state index contributed by atoms with van der Waals surface area (Å²) in [5.74, 6) is 1.30. The van der Waals surface area contributed by atoms with Crippen LogP contribution < -0.4 is 11.1 Å². The van der Waals surface area contributed by atoms with Gasteiger partial charge < -0.3 is 15.6 Å². The largest absolute Gasteiger partial charge is 0.338 e. The molecular weight excluding hydrogens is 180 g/mol. The summed E-state index contributed by atoms with van der Waals surface area (Å²) in [7, 11) is 0. The van der Waals surface area contributed by atoms with Gasteiger partial charge in [-0.15, -0.1) is 0 Å². The lowest BCUT2D eigenvalue weighted by Gasteiger charge is -2.02. The van der Waals surface area contributed by atoms with Crippen LogP contribution in [0.4, 0.5) is 0 Å². The minimum atomic E-state index is -0.127. The summed E-state index contributed by atoms with van der Waals surface area (Å²) < 4.78 is 5.10. The van der Waals surface area contributed by atoms with E-state index in [4.69, 9.17) is 10.3 Å². The first kappa shape index (κ1) is 9.61. The van der Waals surface area contributed by atoms with Crippen LogP contribution in [0.3, 0.4) is 0 Å². The lowest BCUT2D eigenvalue weighted by molar-refractivity contribution is 0.345. The van der Waals surface area contributed by atoms with Gasteiger partial charge in [-0.2, -0.15) is 4.98 Å². The second-order valence-electron chi connectivity index (χ2n) is 3.65. The van der Waals surface area contributed by atoms with E-state index in [-0.39, 0.29) is 12.1 Å². The van der Waals surface area contributed by atoms with Crippen molar-refractivity contribution in [2.45, 2.75) is 38.3 Å². The number of nitrogens with zero attached hydrogens (tertiary/aromatic N) is 2. The monoisotopic (exact) mass is 196 g/mol. The van der Waals surface area contributed by atoms with Crippen molar-refractivity contribution in [3.8, 4) is 0 Å². The molecule has 0 saturated carbocycles. The average Bonchev–Trinajstić information content (AvgIpc) is 2.86. The van der Waals surface area contributed by atoms with Gasteiger partial charge in [-0.25, -0.2) is 0 Å². The molecule has 1 aromatic heterocycles.